The minimum atomic E-state index is -1.01. The van der Waals surface area contributed by atoms with Crippen LogP contribution >= 0.6 is 27.3 Å². The monoisotopic (exact) mass is 397 g/mol. The second-order valence-corrected chi connectivity index (χ2v) is 7.51. The van der Waals surface area contributed by atoms with Crippen LogP contribution in [-0.2, 0) is 22.6 Å². The number of carbonyl (C=O) groups excluding carboxylic acids is 1. The molecule has 0 saturated carbocycles. The van der Waals surface area contributed by atoms with Gasteiger partial charge in [-0.1, -0.05) is 12.1 Å². The van der Waals surface area contributed by atoms with Gasteiger partial charge < -0.3 is 14.7 Å². The van der Waals surface area contributed by atoms with E-state index in [1.54, 1.807) is 35.4 Å². The third-order valence-electron chi connectivity index (χ3n) is 3.09. The summed E-state index contributed by atoms with van der Waals surface area (Å²) < 4.78 is 6.09. The molecule has 1 amide bonds. The van der Waals surface area contributed by atoms with E-state index >= 15 is 0 Å². The number of hydrogen-bond donors (Lipinski definition) is 1. The zero-order chi connectivity index (χ0) is 16.8. The molecule has 1 heterocycles. The van der Waals surface area contributed by atoms with Crippen LogP contribution in [0.3, 0.4) is 0 Å². The second-order valence-electron chi connectivity index (χ2n) is 4.96. The van der Waals surface area contributed by atoms with E-state index in [4.69, 9.17) is 9.84 Å². The Hall–Kier alpha value is -1.86. The van der Waals surface area contributed by atoms with Crippen LogP contribution in [0.15, 0.2) is 40.2 Å². The Morgan fingerprint density at radius 2 is 1.91 bits per heavy atom. The second kappa shape index (κ2) is 8.12. The Labute approximate surface area is 146 Å². The summed E-state index contributed by atoms with van der Waals surface area (Å²) in [5.74, 6) is -0.473. The Kier molecular flexibility index (Phi) is 6.18. The zero-order valence-electron chi connectivity index (χ0n) is 12.5. The first-order valence-electron chi connectivity index (χ1n) is 6.86. The zero-order valence-corrected chi connectivity index (χ0v) is 14.9. The van der Waals surface area contributed by atoms with Gasteiger partial charge in [0.25, 0.3) is 0 Å². The number of carboxylic acids is 1. The molecule has 5 nitrogen and oxygen atoms in total. The predicted octanol–water partition coefficient (Wildman–Crippen LogP) is 3.18. The SMILES string of the molecule is CN(Cc1ccc(OCC(=O)O)cc1)C(=O)Cc1ccc(Br)s1. The number of carboxylic acid groups (broad SMARTS) is 1. The van der Waals surface area contributed by atoms with Gasteiger partial charge in [0.2, 0.25) is 5.91 Å². The lowest BCUT2D eigenvalue weighted by molar-refractivity contribution is -0.139. The highest BCUT2D eigenvalue weighted by atomic mass is 79.9. The Bertz CT molecular complexity index is 684. The van der Waals surface area contributed by atoms with Crippen molar-refractivity contribution >= 4 is 39.1 Å². The molecule has 2 aromatic rings. The third-order valence-corrected chi connectivity index (χ3v) is 4.71. The number of halogens is 1. The normalized spacial score (nSPS) is 10.3. The number of aliphatic carboxylic acids is 1. The highest BCUT2D eigenvalue weighted by Gasteiger charge is 2.11. The van der Waals surface area contributed by atoms with Gasteiger partial charge >= 0.3 is 5.97 Å². The Morgan fingerprint density at radius 3 is 2.48 bits per heavy atom. The number of benzene rings is 1. The fraction of sp³-hybridized carbons (Fsp3) is 0.250. The molecule has 0 spiro atoms. The summed E-state index contributed by atoms with van der Waals surface area (Å²) in [5.41, 5.74) is 0.955. The van der Waals surface area contributed by atoms with Gasteiger partial charge in [0.15, 0.2) is 6.61 Å². The van der Waals surface area contributed by atoms with Gasteiger partial charge in [-0.3, -0.25) is 4.79 Å². The minimum absolute atomic E-state index is 0.0468. The first kappa shape index (κ1) is 17.5. The van der Waals surface area contributed by atoms with Crippen molar-refractivity contribution < 1.29 is 19.4 Å². The van der Waals surface area contributed by atoms with Crippen molar-refractivity contribution in [1.29, 1.82) is 0 Å². The molecule has 1 aromatic heterocycles. The predicted molar refractivity (Wildman–Crippen MR) is 91.8 cm³/mol. The summed E-state index contributed by atoms with van der Waals surface area (Å²) in [5, 5.41) is 8.56. The average molecular weight is 398 g/mol. The molecular weight excluding hydrogens is 382 g/mol. The Balaban J connectivity index is 1.87. The third kappa shape index (κ3) is 5.69. The molecule has 2 rings (SSSR count). The van der Waals surface area contributed by atoms with E-state index in [0.29, 0.717) is 18.7 Å². The van der Waals surface area contributed by atoms with Crippen LogP contribution in [0.25, 0.3) is 0 Å². The molecule has 122 valence electrons. The summed E-state index contributed by atoms with van der Waals surface area (Å²) >= 11 is 4.94. The molecule has 0 aliphatic carbocycles. The summed E-state index contributed by atoms with van der Waals surface area (Å²) in [6.07, 6.45) is 0.382. The largest absolute Gasteiger partial charge is 0.482 e. The van der Waals surface area contributed by atoms with Crippen LogP contribution in [0.1, 0.15) is 10.4 Å². The summed E-state index contributed by atoms with van der Waals surface area (Å²) in [6.45, 7) is 0.124. The van der Waals surface area contributed by atoms with Crippen LogP contribution in [-0.4, -0.2) is 35.5 Å². The maximum Gasteiger partial charge on any atom is 0.341 e. The molecule has 0 atom stereocenters. The van der Waals surface area contributed by atoms with Gasteiger partial charge in [0.05, 0.1) is 10.2 Å². The molecule has 0 aliphatic heterocycles. The van der Waals surface area contributed by atoms with Crippen LogP contribution in [0.2, 0.25) is 0 Å². The van der Waals surface area contributed by atoms with E-state index in [0.717, 1.165) is 14.2 Å². The van der Waals surface area contributed by atoms with E-state index in [9.17, 15) is 9.59 Å². The summed E-state index contributed by atoms with van der Waals surface area (Å²) in [6, 6.07) is 10.9. The average Bonchev–Trinajstić information content (AvgIpc) is 2.91. The number of likely N-dealkylation sites (N-methyl/N-ethyl adjacent to an activating group) is 1. The number of hydrogen-bond acceptors (Lipinski definition) is 4. The van der Waals surface area contributed by atoms with Gasteiger partial charge in [0.1, 0.15) is 5.75 Å². The van der Waals surface area contributed by atoms with E-state index < -0.39 is 5.97 Å². The topological polar surface area (TPSA) is 66.8 Å². The van der Waals surface area contributed by atoms with Crippen molar-refractivity contribution in [2.45, 2.75) is 13.0 Å². The number of amides is 1. The molecule has 0 saturated heterocycles. The molecule has 1 N–H and O–H groups in total. The van der Waals surface area contributed by atoms with Gasteiger partial charge in [-0.25, -0.2) is 4.79 Å². The number of carbonyl (C=O) groups is 2. The van der Waals surface area contributed by atoms with Crippen molar-refractivity contribution in [2.24, 2.45) is 0 Å². The lowest BCUT2D eigenvalue weighted by atomic mass is 10.2. The van der Waals surface area contributed by atoms with Crippen LogP contribution in [0.4, 0.5) is 0 Å². The quantitative estimate of drug-likeness (QED) is 0.778. The molecule has 0 fully saturated rings. The first-order chi connectivity index (χ1) is 10.9. The van der Waals surface area contributed by atoms with Crippen molar-refractivity contribution in [3.63, 3.8) is 0 Å². The number of rotatable bonds is 7. The molecule has 0 radical (unpaired) electrons. The lowest BCUT2D eigenvalue weighted by Crippen LogP contribution is -2.27. The maximum absolute atomic E-state index is 12.2. The van der Waals surface area contributed by atoms with Crippen molar-refractivity contribution in [2.75, 3.05) is 13.7 Å². The first-order valence-corrected chi connectivity index (χ1v) is 8.46. The number of ether oxygens (including phenoxy) is 1. The fourth-order valence-corrected chi connectivity index (χ4v) is 3.40. The van der Waals surface area contributed by atoms with Crippen LogP contribution in [0, 0.1) is 0 Å². The van der Waals surface area contributed by atoms with Crippen molar-refractivity contribution in [3.8, 4) is 5.75 Å². The van der Waals surface area contributed by atoms with E-state index in [2.05, 4.69) is 15.9 Å². The fourth-order valence-electron chi connectivity index (χ4n) is 1.93. The minimum Gasteiger partial charge on any atom is -0.482 e. The van der Waals surface area contributed by atoms with Crippen LogP contribution < -0.4 is 4.74 Å². The Morgan fingerprint density at radius 1 is 1.22 bits per heavy atom. The molecule has 23 heavy (non-hydrogen) atoms. The van der Waals surface area contributed by atoms with Crippen molar-refractivity contribution in [3.05, 3.63) is 50.6 Å². The molecule has 7 heteroatoms. The lowest BCUT2D eigenvalue weighted by Gasteiger charge is -2.17. The van der Waals surface area contributed by atoms with Gasteiger partial charge in [-0.15, -0.1) is 11.3 Å². The molecule has 1 aromatic carbocycles. The van der Waals surface area contributed by atoms with Crippen LogP contribution in [0.5, 0.6) is 5.75 Å². The van der Waals surface area contributed by atoms with E-state index in [1.807, 2.05) is 24.3 Å². The smallest absolute Gasteiger partial charge is 0.341 e. The molecular formula is C16H16BrNO4S. The molecule has 0 bridgehead atoms. The van der Waals surface area contributed by atoms with Gasteiger partial charge in [-0.05, 0) is 45.8 Å². The van der Waals surface area contributed by atoms with E-state index in [1.165, 1.54) is 0 Å². The molecule has 0 unspecified atom stereocenters. The van der Waals surface area contributed by atoms with Crippen molar-refractivity contribution in [1.82, 2.24) is 4.90 Å². The summed E-state index contributed by atoms with van der Waals surface area (Å²) in [7, 11) is 1.76. The maximum atomic E-state index is 12.2. The highest BCUT2D eigenvalue weighted by molar-refractivity contribution is 9.11. The van der Waals surface area contributed by atoms with E-state index in [-0.39, 0.29) is 12.5 Å². The number of nitrogens with zero attached hydrogens (tertiary/aromatic N) is 1. The summed E-state index contributed by atoms with van der Waals surface area (Å²) in [4.78, 5) is 25.3. The van der Waals surface area contributed by atoms with Gasteiger partial charge in [0, 0.05) is 18.5 Å². The number of thiophene rings is 1. The standard InChI is InChI=1S/C16H16BrNO4S/c1-18(15(19)8-13-6-7-14(17)23-13)9-11-2-4-12(5-3-11)22-10-16(20)21/h2-7H,8-10H2,1H3,(H,20,21). The molecule has 0 aliphatic rings. The highest BCUT2D eigenvalue weighted by Crippen LogP contribution is 2.23. The van der Waals surface area contributed by atoms with Gasteiger partial charge in [-0.2, -0.15) is 0 Å².